The monoisotopic (exact) mass is 255 g/mol. The van der Waals surface area contributed by atoms with E-state index in [1.54, 1.807) is 23.5 Å². The van der Waals surface area contributed by atoms with Crippen molar-refractivity contribution in [2.24, 2.45) is 0 Å². The van der Waals surface area contributed by atoms with Crippen molar-refractivity contribution in [3.63, 3.8) is 0 Å². The lowest BCUT2D eigenvalue weighted by Crippen LogP contribution is -2.05. The topological polar surface area (TPSA) is 12.9 Å². The van der Waals surface area contributed by atoms with E-state index in [9.17, 15) is 4.39 Å². The summed E-state index contributed by atoms with van der Waals surface area (Å²) in [6, 6.07) is 6.51. The molecule has 0 spiro atoms. The van der Waals surface area contributed by atoms with E-state index in [0.717, 1.165) is 17.7 Å². The Morgan fingerprint density at radius 2 is 2.06 bits per heavy atom. The summed E-state index contributed by atoms with van der Waals surface area (Å²) in [6.07, 6.45) is 0.804. The first-order valence-corrected chi connectivity index (χ1v) is 6.46. The molecule has 0 aliphatic heterocycles. The number of hydrogen-bond acceptors (Lipinski definition) is 2. The Morgan fingerprint density at radius 3 is 2.62 bits per heavy atom. The van der Waals surface area contributed by atoms with Gasteiger partial charge in [-0.15, -0.1) is 22.9 Å². The number of benzene rings is 1. The number of rotatable bonds is 4. The predicted octanol–water partition coefficient (Wildman–Crippen LogP) is 3.85. The van der Waals surface area contributed by atoms with Crippen molar-refractivity contribution < 1.29 is 4.39 Å². The van der Waals surface area contributed by atoms with Gasteiger partial charge in [0, 0.05) is 17.2 Å². The lowest BCUT2D eigenvalue weighted by Gasteiger charge is -2.12. The van der Waals surface area contributed by atoms with Crippen LogP contribution >= 0.6 is 22.9 Å². The molecule has 0 aliphatic rings. The normalized spacial score (nSPS) is 12.6. The highest BCUT2D eigenvalue weighted by Gasteiger charge is 2.12. The molecule has 2 rings (SSSR count). The number of thiazole rings is 1. The largest absolute Gasteiger partial charge is 0.250 e. The van der Waals surface area contributed by atoms with Crippen molar-refractivity contribution in [3.8, 4) is 0 Å². The third kappa shape index (κ3) is 2.80. The molecule has 0 saturated heterocycles. The lowest BCUT2D eigenvalue weighted by molar-refractivity contribution is 0.625. The molecule has 1 nitrogen and oxygen atoms in total. The zero-order valence-corrected chi connectivity index (χ0v) is 10.1. The lowest BCUT2D eigenvalue weighted by atomic mass is 9.96. The molecule has 1 heterocycles. The Kier molecular flexibility index (Phi) is 3.91. The van der Waals surface area contributed by atoms with Crippen LogP contribution in [0.5, 0.6) is 0 Å². The van der Waals surface area contributed by atoms with Crippen LogP contribution in [0, 0.1) is 5.82 Å². The summed E-state index contributed by atoms with van der Waals surface area (Å²) in [7, 11) is 0. The standard InChI is InChI=1S/C12H11ClFNS/c13-6-10(5-12-7-16-8-15-12)9-1-3-11(14)4-2-9/h1-4,7-8,10H,5-6H2. The highest BCUT2D eigenvalue weighted by molar-refractivity contribution is 7.07. The molecule has 2 aromatic rings. The SMILES string of the molecule is Fc1ccc(C(CCl)Cc2cscn2)cc1. The van der Waals surface area contributed by atoms with Crippen LogP contribution < -0.4 is 0 Å². The molecule has 16 heavy (non-hydrogen) atoms. The molecular weight excluding hydrogens is 245 g/mol. The molecule has 1 aromatic carbocycles. The maximum absolute atomic E-state index is 12.8. The second-order valence-electron chi connectivity index (χ2n) is 3.59. The molecule has 0 bridgehead atoms. The van der Waals surface area contributed by atoms with Crippen LogP contribution in [0.15, 0.2) is 35.2 Å². The number of halogens is 2. The molecule has 0 saturated carbocycles. The summed E-state index contributed by atoms with van der Waals surface area (Å²) >= 11 is 7.52. The van der Waals surface area contributed by atoms with E-state index >= 15 is 0 Å². The summed E-state index contributed by atoms with van der Waals surface area (Å²) in [5, 5.41) is 2.02. The van der Waals surface area contributed by atoms with Crippen molar-refractivity contribution in [2.75, 3.05) is 5.88 Å². The van der Waals surface area contributed by atoms with Crippen molar-refractivity contribution in [3.05, 3.63) is 52.2 Å². The molecule has 1 aromatic heterocycles. The molecule has 0 radical (unpaired) electrons. The quantitative estimate of drug-likeness (QED) is 0.757. The third-order valence-electron chi connectivity index (χ3n) is 2.47. The minimum absolute atomic E-state index is 0.198. The average Bonchev–Trinajstić information content (AvgIpc) is 2.80. The van der Waals surface area contributed by atoms with Crippen LogP contribution in [0.4, 0.5) is 4.39 Å². The van der Waals surface area contributed by atoms with Gasteiger partial charge in [0.05, 0.1) is 11.2 Å². The molecule has 4 heteroatoms. The Balaban J connectivity index is 2.13. The van der Waals surface area contributed by atoms with E-state index in [1.807, 2.05) is 10.9 Å². The minimum Gasteiger partial charge on any atom is -0.250 e. The maximum atomic E-state index is 12.8. The molecule has 0 fully saturated rings. The van der Waals surface area contributed by atoms with Gasteiger partial charge < -0.3 is 0 Å². The van der Waals surface area contributed by atoms with E-state index in [0.29, 0.717) is 5.88 Å². The fraction of sp³-hybridized carbons (Fsp3) is 0.250. The van der Waals surface area contributed by atoms with Gasteiger partial charge in [0.25, 0.3) is 0 Å². The van der Waals surface area contributed by atoms with Gasteiger partial charge in [-0.3, -0.25) is 0 Å². The van der Waals surface area contributed by atoms with Crippen LogP contribution in [0.25, 0.3) is 0 Å². The summed E-state index contributed by atoms with van der Waals surface area (Å²) in [5.41, 5.74) is 3.91. The highest BCUT2D eigenvalue weighted by atomic mass is 35.5. The zero-order valence-electron chi connectivity index (χ0n) is 8.57. The van der Waals surface area contributed by atoms with E-state index in [1.165, 1.54) is 12.1 Å². The summed E-state index contributed by atoms with van der Waals surface area (Å²) in [6.45, 7) is 0. The predicted molar refractivity (Wildman–Crippen MR) is 65.7 cm³/mol. The number of alkyl halides is 1. The second-order valence-corrected chi connectivity index (χ2v) is 4.61. The molecule has 84 valence electrons. The van der Waals surface area contributed by atoms with Gasteiger partial charge in [-0.1, -0.05) is 12.1 Å². The molecule has 1 unspecified atom stereocenters. The zero-order chi connectivity index (χ0) is 11.4. The van der Waals surface area contributed by atoms with Gasteiger partial charge in [0.2, 0.25) is 0 Å². The number of aromatic nitrogens is 1. The van der Waals surface area contributed by atoms with E-state index < -0.39 is 0 Å². The van der Waals surface area contributed by atoms with Crippen molar-refractivity contribution in [1.29, 1.82) is 0 Å². The number of nitrogens with zero attached hydrogens (tertiary/aromatic N) is 1. The Labute approximate surface area is 103 Å². The smallest absolute Gasteiger partial charge is 0.123 e. The van der Waals surface area contributed by atoms with E-state index in [4.69, 9.17) is 11.6 Å². The first kappa shape index (κ1) is 11.6. The Morgan fingerprint density at radius 1 is 1.31 bits per heavy atom. The Hall–Kier alpha value is -0.930. The minimum atomic E-state index is -0.217. The van der Waals surface area contributed by atoms with Crippen LogP contribution in [0.3, 0.4) is 0 Å². The first-order chi connectivity index (χ1) is 7.79. The molecule has 0 amide bonds. The van der Waals surface area contributed by atoms with Gasteiger partial charge >= 0.3 is 0 Å². The Bertz CT molecular complexity index is 427. The van der Waals surface area contributed by atoms with Gasteiger partial charge in [0.15, 0.2) is 0 Å². The summed E-state index contributed by atoms with van der Waals surface area (Å²) in [5.74, 6) is 0.499. The fourth-order valence-electron chi connectivity index (χ4n) is 1.59. The molecule has 0 N–H and O–H groups in total. The van der Waals surface area contributed by atoms with Crippen LogP contribution in [-0.2, 0) is 6.42 Å². The van der Waals surface area contributed by atoms with Crippen molar-refractivity contribution in [1.82, 2.24) is 4.98 Å². The van der Waals surface area contributed by atoms with Crippen LogP contribution in [0.2, 0.25) is 0 Å². The first-order valence-electron chi connectivity index (χ1n) is 4.98. The average molecular weight is 256 g/mol. The van der Waals surface area contributed by atoms with Crippen LogP contribution in [0.1, 0.15) is 17.2 Å². The third-order valence-corrected chi connectivity index (χ3v) is 3.47. The summed E-state index contributed by atoms with van der Waals surface area (Å²) in [4.78, 5) is 4.23. The highest BCUT2D eigenvalue weighted by Crippen LogP contribution is 2.22. The maximum Gasteiger partial charge on any atom is 0.123 e. The fourth-order valence-corrected chi connectivity index (χ4v) is 2.45. The molecule has 0 aliphatic carbocycles. The van der Waals surface area contributed by atoms with Crippen molar-refractivity contribution >= 4 is 22.9 Å². The molecular formula is C12H11ClFNS. The second kappa shape index (κ2) is 5.41. The van der Waals surface area contributed by atoms with Gasteiger partial charge in [-0.2, -0.15) is 0 Å². The number of hydrogen-bond donors (Lipinski definition) is 0. The summed E-state index contributed by atoms with van der Waals surface area (Å²) < 4.78 is 12.8. The van der Waals surface area contributed by atoms with Crippen LogP contribution in [-0.4, -0.2) is 10.9 Å². The van der Waals surface area contributed by atoms with E-state index in [-0.39, 0.29) is 11.7 Å². The van der Waals surface area contributed by atoms with Gasteiger partial charge in [-0.25, -0.2) is 9.37 Å². The van der Waals surface area contributed by atoms with E-state index in [2.05, 4.69) is 4.98 Å². The van der Waals surface area contributed by atoms with Gasteiger partial charge in [0.1, 0.15) is 5.82 Å². The van der Waals surface area contributed by atoms with Gasteiger partial charge in [-0.05, 0) is 24.1 Å². The van der Waals surface area contributed by atoms with Crippen molar-refractivity contribution in [2.45, 2.75) is 12.3 Å². The molecule has 1 atom stereocenters.